The van der Waals surface area contributed by atoms with Gasteiger partial charge < -0.3 is 9.15 Å². The second-order valence-electron chi connectivity index (χ2n) is 5.07. The Morgan fingerprint density at radius 1 is 1.04 bits per heavy atom. The van der Waals surface area contributed by atoms with Gasteiger partial charge in [-0.05, 0) is 37.3 Å². The number of fused-ring (bicyclic) bond motifs is 1. The van der Waals surface area contributed by atoms with Crippen LogP contribution in [-0.4, -0.2) is 11.8 Å². The number of benzene rings is 2. The number of carbonyl (C=O) groups excluding carboxylic acids is 2. The van der Waals surface area contributed by atoms with Crippen molar-refractivity contribution in [3.05, 3.63) is 75.9 Å². The molecule has 6 heteroatoms. The second kappa shape index (κ2) is 6.08. The van der Waals surface area contributed by atoms with Crippen LogP contribution < -0.4 is 10.4 Å². The predicted molar refractivity (Wildman–Crippen MR) is 83.8 cm³/mol. The summed E-state index contributed by atoms with van der Waals surface area (Å²) >= 11 is 0. The lowest BCUT2D eigenvalue weighted by molar-refractivity contribution is 0.0730. The number of ether oxygens (including phenoxy) is 1. The molecule has 5 nitrogen and oxygen atoms in total. The normalized spacial score (nSPS) is 10.6. The number of rotatable bonds is 3. The highest BCUT2D eigenvalue weighted by molar-refractivity contribution is 5.97. The van der Waals surface area contributed by atoms with Crippen molar-refractivity contribution in [1.29, 1.82) is 0 Å². The van der Waals surface area contributed by atoms with Crippen molar-refractivity contribution >= 4 is 22.7 Å². The van der Waals surface area contributed by atoms with E-state index < -0.39 is 23.2 Å². The number of hydrogen-bond donors (Lipinski definition) is 0. The van der Waals surface area contributed by atoms with Crippen LogP contribution in [0, 0.1) is 5.82 Å². The minimum absolute atomic E-state index is 0.0569. The summed E-state index contributed by atoms with van der Waals surface area (Å²) in [4.78, 5) is 35.1. The summed E-state index contributed by atoms with van der Waals surface area (Å²) in [5, 5.41) is 0.505. The summed E-state index contributed by atoms with van der Waals surface area (Å²) in [7, 11) is 0. The molecule has 0 unspecified atom stereocenters. The average molecular weight is 326 g/mol. The van der Waals surface area contributed by atoms with Crippen LogP contribution >= 0.6 is 0 Å². The summed E-state index contributed by atoms with van der Waals surface area (Å²) < 4.78 is 23.7. The van der Waals surface area contributed by atoms with E-state index >= 15 is 0 Å². The van der Waals surface area contributed by atoms with Crippen LogP contribution in [0.5, 0.6) is 5.75 Å². The molecule has 0 bridgehead atoms. The predicted octanol–water partition coefficient (Wildman–Crippen LogP) is 3.35. The van der Waals surface area contributed by atoms with Crippen molar-refractivity contribution in [3.8, 4) is 5.75 Å². The van der Waals surface area contributed by atoms with Gasteiger partial charge in [0.25, 0.3) is 0 Å². The first kappa shape index (κ1) is 15.6. The van der Waals surface area contributed by atoms with E-state index in [4.69, 9.17) is 9.15 Å². The Labute approximate surface area is 135 Å². The molecule has 0 aliphatic carbocycles. The fourth-order valence-electron chi connectivity index (χ4n) is 2.19. The van der Waals surface area contributed by atoms with Gasteiger partial charge in [0.1, 0.15) is 22.7 Å². The molecule has 1 aromatic heterocycles. The standard InChI is InChI=1S/C18H11FO5/c1-10(20)14-8-11-6-7-12(9-16(11)24-18(14)22)23-17(21)13-4-2-3-5-15(13)19/h2-9H,1H3. The zero-order valence-corrected chi connectivity index (χ0v) is 12.5. The molecule has 0 radical (unpaired) electrons. The van der Waals surface area contributed by atoms with Crippen molar-refractivity contribution in [3.63, 3.8) is 0 Å². The van der Waals surface area contributed by atoms with E-state index in [2.05, 4.69) is 0 Å². The number of hydrogen-bond acceptors (Lipinski definition) is 5. The Kier molecular flexibility index (Phi) is 3.95. The first-order valence-electron chi connectivity index (χ1n) is 7.01. The van der Waals surface area contributed by atoms with Crippen LogP contribution in [0.4, 0.5) is 4.39 Å². The van der Waals surface area contributed by atoms with Gasteiger partial charge in [-0.1, -0.05) is 12.1 Å². The molecule has 0 N–H and O–H groups in total. The topological polar surface area (TPSA) is 73.6 Å². The van der Waals surface area contributed by atoms with Gasteiger partial charge in [0.2, 0.25) is 0 Å². The minimum Gasteiger partial charge on any atom is -0.423 e. The monoisotopic (exact) mass is 326 g/mol. The van der Waals surface area contributed by atoms with Gasteiger partial charge in [-0.25, -0.2) is 14.0 Å². The molecular weight excluding hydrogens is 315 g/mol. The molecular formula is C18H11FO5. The zero-order chi connectivity index (χ0) is 17.3. The van der Waals surface area contributed by atoms with E-state index in [1.807, 2.05) is 0 Å². The Morgan fingerprint density at radius 3 is 2.50 bits per heavy atom. The molecule has 0 aliphatic rings. The van der Waals surface area contributed by atoms with E-state index in [-0.39, 0.29) is 22.5 Å². The van der Waals surface area contributed by atoms with Gasteiger partial charge in [-0.3, -0.25) is 4.79 Å². The van der Waals surface area contributed by atoms with Gasteiger partial charge in [-0.2, -0.15) is 0 Å². The minimum atomic E-state index is -0.866. The molecule has 0 spiro atoms. The summed E-state index contributed by atoms with van der Waals surface area (Å²) in [6.07, 6.45) is 0. The van der Waals surface area contributed by atoms with Crippen LogP contribution in [0.2, 0.25) is 0 Å². The average Bonchev–Trinajstić information content (AvgIpc) is 2.54. The lowest BCUT2D eigenvalue weighted by atomic mass is 10.1. The third-order valence-corrected chi connectivity index (χ3v) is 3.39. The van der Waals surface area contributed by atoms with Crippen molar-refractivity contribution < 1.29 is 23.1 Å². The maximum atomic E-state index is 13.6. The largest absolute Gasteiger partial charge is 0.423 e. The first-order chi connectivity index (χ1) is 11.5. The molecule has 0 atom stereocenters. The SMILES string of the molecule is CC(=O)c1cc2ccc(OC(=O)c3ccccc3F)cc2oc1=O. The van der Waals surface area contributed by atoms with Gasteiger partial charge in [-0.15, -0.1) is 0 Å². The Morgan fingerprint density at radius 2 is 1.79 bits per heavy atom. The molecule has 3 rings (SSSR count). The number of halogens is 1. The quantitative estimate of drug-likeness (QED) is 0.319. The van der Waals surface area contributed by atoms with Crippen LogP contribution in [0.15, 0.2) is 57.7 Å². The van der Waals surface area contributed by atoms with Crippen molar-refractivity contribution in [2.75, 3.05) is 0 Å². The van der Waals surface area contributed by atoms with E-state index in [1.54, 1.807) is 0 Å². The maximum Gasteiger partial charge on any atom is 0.347 e. The smallest absolute Gasteiger partial charge is 0.347 e. The van der Waals surface area contributed by atoms with Gasteiger partial charge in [0.15, 0.2) is 5.78 Å². The van der Waals surface area contributed by atoms with E-state index in [0.717, 1.165) is 6.07 Å². The summed E-state index contributed by atoms with van der Waals surface area (Å²) in [6, 6.07) is 11.2. The Balaban J connectivity index is 1.95. The molecule has 0 aliphatic heterocycles. The van der Waals surface area contributed by atoms with Crippen LogP contribution in [0.25, 0.3) is 11.0 Å². The highest BCUT2D eigenvalue weighted by Gasteiger charge is 2.15. The third kappa shape index (κ3) is 2.94. The number of ketones is 1. The fraction of sp³-hybridized carbons (Fsp3) is 0.0556. The molecule has 1 heterocycles. The van der Waals surface area contributed by atoms with E-state index in [1.165, 1.54) is 49.4 Å². The summed E-state index contributed by atoms with van der Waals surface area (Å²) in [5.74, 6) is -1.87. The molecule has 24 heavy (non-hydrogen) atoms. The van der Waals surface area contributed by atoms with Gasteiger partial charge in [0.05, 0.1) is 5.56 Å². The maximum absolute atomic E-state index is 13.6. The molecule has 0 amide bonds. The molecule has 0 saturated carbocycles. The lowest BCUT2D eigenvalue weighted by Crippen LogP contribution is -2.12. The zero-order valence-electron chi connectivity index (χ0n) is 12.5. The molecule has 0 fully saturated rings. The fourth-order valence-corrected chi connectivity index (χ4v) is 2.19. The molecule has 2 aromatic carbocycles. The number of carbonyl (C=O) groups is 2. The number of esters is 1. The van der Waals surface area contributed by atoms with E-state index in [0.29, 0.717) is 5.39 Å². The van der Waals surface area contributed by atoms with Crippen LogP contribution in [0.1, 0.15) is 27.6 Å². The molecule has 0 saturated heterocycles. The van der Waals surface area contributed by atoms with Crippen LogP contribution in [0.3, 0.4) is 0 Å². The van der Waals surface area contributed by atoms with Crippen molar-refractivity contribution in [2.24, 2.45) is 0 Å². The second-order valence-corrected chi connectivity index (χ2v) is 5.07. The molecule has 3 aromatic rings. The van der Waals surface area contributed by atoms with Gasteiger partial charge in [0, 0.05) is 11.5 Å². The highest BCUT2D eigenvalue weighted by atomic mass is 19.1. The highest BCUT2D eigenvalue weighted by Crippen LogP contribution is 2.22. The van der Waals surface area contributed by atoms with Gasteiger partial charge >= 0.3 is 11.6 Å². The van der Waals surface area contributed by atoms with E-state index in [9.17, 15) is 18.8 Å². The molecule has 120 valence electrons. The Bertz CT molecular complexity index is 1020. The van der Waals surface area contributed by atoms with Crippen LogP contribution in [-0.2, 0) is 0 Å². The number of Topliss-reactive ketones (excluding diaryl/α,β-unsaturated/α-hetero) is 1. The summed E-state index contributed by atoms with van der Waals surface area (Å²) in [6.45, 7) is 1.27. The van der Waals surface area contributed by atoms with Crippen molar-refractivity contribution in [1.82, 2.24) is 0 Å². The first-order valence-corrected chi connectivity index (χ1v) is 7.01. The lowest BCUT2D eigenvalue weighted by Gasteiger charge is -2.06. The Hall–Kier alpha value is -3.28. The van der Waals surface area contributed by atoms with Crippen molar-refractivity contribution in [2.45, 2.75) is 6.92 Å². The summed E-state index contributed by atoms with van der Waals surface area (Å²) in [5.41, 5.74) is -0.874. The third-order valence-electron chi connectivity index (χ3n) is 3.39.